The van der Waals surface area contributed by atoms with E-state index in [4.69, 9.17) is 4.42 Å². The van der Waals surface area contributed by atoms with Crippen LogP contribution in [0.1, 0.15) is 0 Å². The van der Waals surface area contributed by atoms with Crippen molar-refractivity contribution < 1.29 is 4.42 Å². The largest absolute Gasteiger partial charge is 0.454 e. The summed E-state index contributed by atoms with van der Waals surface area (Å²) in [7, 11) is -0.122. The molecule has 0 aliphatic heterocycles. The summed E-state index contributed by atoms with van der Waals surface area (Å²) in [5.41, 5.74) is 7.73. The maximum Gasteiger partial charge on any atom is 0.148 e. The van der Waals surface area contributed by atoms with Gasteiger partial charge in [0.2, 0.25) is 0 Å². The van der Waals surface area contributed by atoms with Gasteiger partial charge in [0, 0.05) is 37.7 Å². The zero-order valence-corrected chi connectivity index (χ0v) is 20.2. The van der Waals surface area contributed by atoms with Crippen molar-refractivity contribution in [1.29, 1.82) is 0 Å². The highest BCUT2D eigenvalue weighted by atomic mass is 32.2. The Morgan fingerprint density at radius 2 is 1.17 bits per heavy atom. The second kappa shape index (κ2) is 7.72. The molecular formula is C32H23NOS. The first kappa shape index (κ1) is 20.3. The summed E-state index contributed by atoms with van der Waals surface area (Å²) in [5.74, 6) is 4.25. The van der Waals surface area contributed by atoms with E-state index in [2.05, 4.69) is 126 Å². The second-order valence-corrected chi connectivity index (χ2v) is 10.7. The molecule has 0 saturated heterocycles. The van der Waals surface area contributed by atoms with E-state index in [1.54, 1.807) is 0 Å². The average molecular weight is 470 g/mol. The Bertz CT molecular complexity index is 1870. The molecule has 1 unspecified atom stereocenters. The molecule has 0 aliphatic rings. The van der Waals surface area contributed by atoms with E-state index in [1.165, 1.54) is 26.7 Å². The number of furan rings is 1. The van der Waals surface area contributed by atoms with Gasteiger partial charge in [0.25, 0.3) is 0 Å². The van der Waals surface area contributed by atoms with Crippen molar-refractivity contribution in [2.45, 2.75) is 4.90 Å². The van der Waals surface area contributed by atoms with E-state index < -0.39 is 0 Å². The van der Waals surface area contributed by atoms with Gasteiger partial charge < -0.3 is 8.98 Å². The Kier molecular flexibility index (Phi) is 4.48. The molecule has 0 N–H and O–H groups in total. The van der Waals surface area contributed by atoms with Crippen molar-refractivity contribution in [3.05, 3.63) is 109 Å². The van der Waals surface area contributed by atoms with Crippen molar-refractivity contribution in [3.8, 4) is 16.8 Å². The van der Waals surface area contributed by atoms with E-state index in [0.29, 0.717) is 0 Å². The molecule has 7 aromatic rings. The molecule has 2 heterocycles. The Morgan fingerprint density at radius 1 is 0.600 bits per heavy atom. The first-order valence-corrected chi connectivity index (χ1v) is 13.5. The molecule has 0 amide bonds. The van der Waals surface area contributed by atoms with Gasteiger partial charge in [0.15, 0.2) is 0 Å². The minimum Gasteiger partial charge on any atom is -0.454 e. The van der Waals surface area contributed by atoms with Crippen LogP contribution in [-0.2, 0) is 0 Å². The molecule has 168 valence electrons. The van der Waals surface area contributed by atoms with Crippen LogP contribution < -0.4 is 0 Å². The van der Waals surface area contributed by atoms with Gasteiger partial charge in [-0.25, -0.2) is 0 Å². The summed E-state index contributed by atoms with van der Waals surface area (Å²) < 4.78 is 8.86. The van der Waals surface area contributed by atoms with Crippen LogP contribution in [0.2, 0.25) is 0 Å². The average Bonchev–Trinajstić information content (AvgIpc) is 3.45. The summed E-state index contributed by atoms with van der Waals surface area (Å²) in [6, 6.07) is 38.8. The Morgan fingerprint density at radius 3 is 1.83 bits per heavy atom. The highest BCUT2D eigenvalue weighted by Crippen LogP contribution is 2.40. The van der Waals surface area contributed by atoms with E-state index >= 15 is 0 Å². The number of hydrogen-bond acceptors (Lipinski definition) is 1. The Balaban J connectivity index is 1.41. The Hall–Kier alpha value is -4.08. The highest BCUT2D eigenvalue weighted by Gasteiger charge is 2.15. The molecule has 0 bridgehead atoms. The fourth-order valence-electron chi connectivity index (χ4n) is 5.29. The third-order valence-corrected chi connectivity index (χ3v) is 7.95. The number of aromatic nitrogens is 1. The van der Waals surface area contributed by atoms with Crippen molar-refractivity contribution in [2.75, 3.05) is 6.26 Å². The number of benzene rings is 5. The number of para-hydroxylation sites is 4. The summed E-state index contributed by atoms with van der Waals surface area (Å²) in [6.07, 6.45) is 2.14. The summed E-state index contributed by atoms with van der Waals surface area (Å²) in [4.78, 5) is 1.17. The third kappa shape index (κ3) is 3.02. The minimum atomic E-state index is -0.122. The molecular weight excluding hydrogens is 446 g/mol. The van der Waals surface area contributed by atoms with Crippen LogP contribution in [0.25, 0.3) is 60.6 Å². The molecule has 3 heteroatoms. The highest BCUT2D eigenvalue weighted by molar-refractivity contribution is 8.13. The first-order chi connectivity index (χ1) is 17.2. The number of nitrogens with zero attached hydrogens (tertiary/aromatic N) is 1. The van der Waals surface area contributed by atoms with Crippen molar-refractivity contribution >= 4 is 60.1 Å². The van der Waals surface area contributed by atoms with Crippen LogP contribution in [0.5, 0.6) is 0 Å². The standard InChI is InChI=1S/C32H23NOS/c1-35(2)30-16-8-13-27-26-12-7-11-23(31(26)34-32(27)30)21-17-19-22(20-18-21)33-28-14-5-3-9-24(28)25-10-4-6-15-29(25)33/h3-20H,1H2,2H3. The van der Waals surface area contributed by atoms with Gasteiger partial charge in [0.1, 0.15) is 11.2 Å². The molecule has 7 rings (SSSR count). The number of rotatable bonds is 3. The smallest absolute Gasteiger partial charge is 0.148 e. The van der Waals surface area contributed by atoms with Gasteiger partial charge >= 0.3 is 0 Å². The van der Waals surface area contributed by atoms with Crippen LogP contribution in [0.15, 0.2) is 119 Å². The molecule has 1 atom stereocenters. The molecule has 2 nitrogen and oxygen atoms in total. The summed E-state index contributed by atoms with van der Waals surface area (Å²) in [6.45, 7) is 0. The van der Waals surface area contributed by atoms with Crippen molar-refractivity contribution in [2.24, 2.45) is 0 Å². The van der Waals surface area contributed by atoms with E-state index in [1.807, 2.05) is 0 Å². The third-order valence-electron chi connectivity index (χ3n) is 6.88. The van der Waals surface area contributed by atoms with Crippen molar-refractivity contribution in [3.63, 3.8) is 0 Å². The maximum absolute atomic E-state index is 6.51. The van der Waals surface area contributed by atoms with E-state index in [0.717, 1.165) is 38.8 Å². The molecule has 2 aromatic heterocycles. The molecule has 0 fully saturated rings. The SMILES string of the molecule is C=S(C)c1cccc2c1oc1c(-c3ccc(-n4c5ccccc5c5ccccc54)cc3)cccc12. The molecule has 0 aliphatic carbocycles. The quantitative estimate of drug-likeness (QED) is 0.236. The van der Waals surface area contributed by atoms with Crippen molar-refractivity contribution in [1.82, 2.24) is 4.57 Å². The molecule has 0 radical (unpaired) electrons. The van der Waals surface area contributed by atoms with Crippen LogP contribution in [0, 0.1) is 0 Å². The zero-order valence-electron chi connectivity index (χ0n) is 19.4. The lowest BCUT2D eigenvalue weighted by Crippen LogP contribution is -1.93. The van der Waals surface area contributed by atoms with Crippen LogP contribution in [0.4, 0.5) is 0 Å². The lowest BCUT2D eigenvalue weighted by Gasteiger charge is -2.09. The van der Waals surface area contributed by atoms with E-state index in [9.17, 15) is 0 Å². The number of fused-ring (bicyclic) bond motifs is 6. The van der Waals surface area contributed by atoms with Gasteiger partial charge in [-0.15, -0.1) is 0 Å². The molecule has 35 heavy (non-hydrogen) atoms. The molecule has 5 aromatic carbocycles. The summed E-state index contributed by atoms with van der Waals surface area (Å²) >= 11 is 0. The second-order valence-electron chi connectivity index (χ2n) is 8.97. The van der Waals surface area contributed by atoms with Gasteiger partial charge in [-0.3, -0.25) is 0 Å². The van der Waals surface area contributed by atoms with Crippen LogP contribution in [-0.4, -0.2) is 16.7 Å². The predicted molar refractivity (Wildman–Crippen MR) is 152 cm³/mol. The minimum absolute atomic E-state index is 0.122. The molecule has 0 saturated carbocycles. The van der Waals surface area contributed by atoms with Gasteiger partial charge in [-0.1, -0.05) is 84.7 Å². The van der Waals surface area contributed by atoms with E-state index in [-0.39, 0.29) is 10.5 Å². The van der Waals surface area contributed by atoms with Gasteiger partial charge in [-0.05, 0) is 42.2 Å². The summed E-state index contributed by atoms with van der Waals surface area (Å²) in [5, 5.41) is 4.85. The Labute approximate surface area is 206 Å². The monoisotopic (exact) mass is 469 g/mol. The topological polar surface area (TPSA) is 18.1 Å². The lowest BCUT2D eigenvalue weighted by molar-refractivity contribution is 0.661. The van der Waals surface area contributed by atoms with Crippen LogP contribution >= 0.6 is 10.5 Å². The fraction of sp³-hybridized carbons (Fsp3) is 0.0312. The number of hydrogen-bond donors (Lipinski definition) is 0. The molecule has 0 spiro atoms. The maximum atomic E-state index is 6.51. The van der Waals surface area contributed by atoms with Crippen LogP contribution in [0.3, 0.4) is 0 Å². The lowest BCUT2D eigenvalue weighted by atomic mass is 10.0. The zero-order chi connectivity index (χ0) is 23.5. The normalized spacial score (nSPS) is 12.7. The predicted octanol–water partition coefficient (Wildman–Crippen LogP) is 9.04. The first-order valence-electron chi connectivity index (χ1n) is 11.7. The fourth-order valence-corrected chi connectivity index (χ4v) is 6.07. The van der Waals surface area contributed by atoms with Gasteiger partial charge in [-0.2, -0.15) is 10.5 Å². The van der Waals surface area contributed by atoms with Gasteiger partial charge in [0.05, 0.1) is 11.0 Å².